The highest BCUT2D eigenvalue weighted by atomic mass is 32.2. The quantitative estimate of drug-likeness (QED) is 0.786. The minimum Gasteiger partial charge on any atom is -0.379 e. The number of fused-ring (bicyclic) bond motifs is 1. The predicted octanol–water partition coefficient (Wildman–Crippen LogP) is 1.97. The van der Waals surface area contributed by atoms with Gasteiger partial charge in [-0.2, -0.15) is 4.31 Å². The summed E-state index contributed by atoms with van der Waals surface area (Å²) in [5.41, 5.74) is 1.87. The van der Waals surface area contributed by atoms with Crippen LogP contribution in [0.15, 0.2) is 23.1 Å². The van der Waals surface area contributed by atoms with Crippen molar-refractivity contribution in [1.82, 2.24) is 9.21 Å². The van der Waals surface area contributed by atoms with E-state index < -0.39 is 15.6 Å². The van der Waals surface area contributed by atoms with Crippen LogP contribution in [0.1, 0.15) is 43.7 Å². The molecule has 4 rings (SSSR count). The molecule has 2 fully saturated rings. The minimum absolute atomic E-state index is 0.0361. The SMILES string of the molecule is CCCN1C(=O)CCN(S(=O)(=O)c2ccc3c(c2)CCC3)CC12CCOC2. The van der Waals surface area contributed by atoms with Crippen molar-refractivity contribution in [2.24, 2.45) is 0 Å². The van der Waals surface area contributed by atoms with Gasteiger partial charge < -0.3 is 9.64 Å². The molecule has 2 heterocycles. The van der Waals surface area contributed by atoms with E-state index in [1.165, 1.54) is 9.87 Å². The van der Waals surface area contributed by atoms with Gasteiger partial charge in [-0.1, -0.05) is 13.0 Å². The van der Waals surface area contributed by atoms with Crippen LogP contribution in [-0.2, 0) is 32.4 Å². The molecule has 7 heteroatoms. The summed E-state index contributed by atoms with van der Waals surface area (Å²) < 4.78 is 34.0. The Kier molecular flexibility index (Phi) is 5.03. The molecule has 0 bridgehead atoms. The Morgan fingerprint density at radius 3 is 2.74 bits per heavy atom. The minimum atomic E-state index is -3.63. The molecule has 1 atom stereocenters. The summed E-state index contributed by atoms with van der Waals surface area (Å²) in [7, 11) is -3.63. The maximum atomic E-state index is 13.4. The van der Waals surface area contributed by atoms with Crippen molar-refractivity contribution in [2.45, 2.75) is 55.9 Å². The van der Waals surface area contributed by atoms with Gasteiger partial charge in [-0.3, -0.25) is 4.79 Å². The molecule has 1 aromatic carbocycles. The Bertz CT molecular complexity index is 830. The van der Waals surface area contributed by atoms with Crippen LogP contribution in [0, 0.1) is 0 Å². The smallest absolute Gasteiger partial charge is 0.243 e. The molecule has 0 radical (unpaired) electrons. The summed E-state index contributed by atoms with van der Waals surface area (Å²) in [4.78, 5) is 15.0. The average molecular weight is 393 g/mol. The second-order valence-corrected chi connectivity index (χ2v) is 9.88. The fourth-order valence-electron chi connectivity index (χ4n) is 4.69. The van der Waals surface area contributed by atoms with E-state index in [1.54, 1.807) is 6.07 Å². The van der Waals surface area contributed by atoms with Gasteiger partial charge >= 0.3 is 0 Å². The Morgan fingerprint density at radius 1 is 1.19 bits per heavy atom. The second-order valence-electron chi connectivity index (χ2n) is 7.94. The van der Waals surface area contributed by atoms with Crippen molar-refractivity contribution in [2.75, 3.05) is 32.8 Å². The largest absolute Gasteiger partial charge is 0.379 e. The molecule has 27 heavy (non-hydrogen) atoms. The van der Waals surface area contributed by atoms with Gasteiger partial charge in [0.2, 0.25) is 15.9 Å². The zero-order valence-corrected chi connectivity index (χ0v) is 16.8. The molecular weight excluding hydrogens is 364 g/mol. The summed E-state index contributed by atoms with van der Waals surface area (Å²) in [5.74, 6) is 0.0361. The van der Waals surface area contributed by atoms with Crippen LogP contribution in [0.4, 0.5) is 0 Å². The van der Waals surface area contributed by atoms with E-state index in [9.17, 15) is 13.2 Å². The third-order valence-corrected chi connectivity index (χ3v) is 8.00. The maximum Gasteiger partial charge on any atom is 0.243 e. The number of sulfonamides is 1. The van der Waals surface area contributed by atoms with E-state index in [0.29, 0.717) is 37.6 Å². The third kappa shape index (κ3) is 3.30. The van der Waals surface area contributed by atoms with E-state index >= 15 is 0 Å². The summed E-state index contributed by atoms with van der Waals surface area (Å²) in [5, 5.41) is 0. The number of ether oxygens (including phenoxy) is 1. The zero-order chi connectivity index (χ0) is 19.1. The van der Waals surface area contributed by atoms with Crippen LogP contribution in [-0.4, -0.2) is 61.9 Å². The number of benzene rings is 1. The summed E-state index contributed by atoms with van der Waals surface area (Å²) in [6, 6.07) is 5.52. The molecule has 1 aliphatic carbocycles. The van der Waals surface area contributed by atoms with Gasteiger partial charge in [0.15, 0.2) is 0 Å². The number of carbonyl (C=O) groups is 1. The van der Waals surface area contributed by atoms with Crippen molar-refractivity contribution >= 4 is 15.9 Å². The van der Waals surface area contributed by atoms with Gasteiger partial charge in [0, 0.05) is 32.7 Å². The van der Waals surface area contributed by atoms with Crippen molar-refractivity contribution in [1.29, 1.82) is 0 Å². The number of carbonyl (C=O) groups excluding carboxylic acids is 1. The highest BCUT2D eigenvalue weighted by Crippen LogP contribution is 2.34. The lowest BCUT2D eigenvalue weighted by molar-refractivity contribution is -0.136. The molecule has 6 nitrogen and oxygen atoms in total. The van der Waals surface area contributed by atoms with Crippen molar-refractivity contribution in [3.8, 4) is 0 Å². The lowest BCUT2D eigenvalue weighted by Gasteiger charge is -2.40. The van der Waals surface area contributed by atoms with Crippen LogP contribution in [0.3, 0.4) is 0 Å². The van der Waals surface area contributed by atoms with Crippen molar-refractivity contribution < 1.29 is 17.9 Å². The average Bonchev–Trinajstić information content (AvgIpc) is 3.28. The van der Waals surface area contributed by atoms with E-state index in [-0.39, 0.29) is 18.9 Å². The Morgan fingerprint density at radius 2 is 2.00 bits per heavy atom. The number of hydrogen-bond donors (Lipinski definition) is 0. The molecule has 2 saturated heterocycles. The molecule has 0 aromatic heterocycles. The number of amides is 1. The third-order valence-electron chi connectivity index (χ3n) is 6.16. The fraction of sp³-hybridized carbons (Fsp3) is 0.650. The highest BCUT2D eigenvalue weighted by molar-refractivity contribution is 7.89. The van der Waals surface area contributed by atoms with E-state index in [4.69, 9.17) is 4.74 Å². The predicted molar refractivity (Wildman–Crippen MR) is 102 cm³/mol. The van der Waals surface area contributed by atoms with E-state index in [0.717, 1.165) is 31.2 Å². The topological polar surface area (TPSA) is 66.9 Å². The van der Waals surface area contributed by atoms with Gasteiger partial charge in [-0.15, -0.1) is 0 Å². The molecule has 0 N–H and O–H groups in total. The zero-order valence-electron chi connectivity index (χ0n) is 15.9. The summed E-state index contributed by atoms with van der Waals surface area (Å²) >= 11 is 0. The second kappa shape index (κ2) is 7.18. The lowest BCUT2D eigenvalue weighted by Crippen LogP contribution is -2.57. The Balaban J connectivity index is 1.67. The van der Waals surface area contributed by atoms with Crippen LogP contribution in [0.25, 0.3) is 0 Å². The van der Waals surface area contributed by atoms with Gasteiger partial charge in [0.25, 0.3) is 0 Å². The number of nitrogens with zero attached hydrogens (tertiary/aromatic N) is 2. The monoisotopic (exact) mass is 392 g/mol. The molecular formula is C20H28N2O4S. The van der Waals surface area contributed by atoms with Gasteiger partial charge in [0.05, 0.1) is 17.0 Å². The maximum absolute atomic E-state index is 13.4. The number of hydrogen-bond acceptors (Lipinski definition) is 4. The van der Waals surface area contributed by atoms with Crippen LogP contribution < -0.4 is 0 Å². The Hall–Kier alpha value is -1.44. The molecule has 2 aliphatic heterocycles. The van der Waals surface area contributed by atoms with Crippen molar-refractivity contribution in [3.05, 3.63) is 29.3 Å². The molecule has 148 valence electrons. The summed E-state index contributed by atoms with van der Waals surface area (Å²) in [6.45, 7) is 4.23. The molecule has 1 amide bonds. The van der Waals surface area contributed by atoms with Gasteiger partial charge in [-0.25, -0.2) is 8.42 Å². The fourth-order valence-corrected chi connectivity index (χ4v) is 6.27. The van der Waals surface area contributed by atoms with Crippen molar-refractivity contribution in [3.63, 3.8) is 0 Å². The first-order valence-electron chi connectivity index (χ1n) is 9.96. The number of rotatable bonds is 4. The first-order chi connectivity index (χ1) is 13.0. The molecule has 1 spiro atoms. The van der Waals surface area contributed by atoms with Gasteiger partial charge in [-0.05, 0) is 55.4 Å². The molecule has 1 unspecified atom stereocenters. The normalized spacial score (nSPS) is 26.6. The summed E-state index contributed by atoms with van der Waals surface area (Å²) in [6.07, 6.45) is 4.83. The lowest BCUT2D eigenvalue weighted by atomic mass is 9.96. The first kappa shape index (κ1) is 18.9. The molecule has 1 aromatic rings. The van der Waals surface area contributed by atoms with Gasteiger partial charge in [0.1, 0.15) is 0 Å². The van der Waals surface area contributed by atoms with E-state index in [1.807, 2.05) is 24.0 Å². The number of aryl methyl sites for hydroxylation is 2. The van der Waals surface area contributed by atoms with Crippen LogP contribution in [0.5, 0.6) is 0 Å². The standard InChI is InChI=1S/C20H28N2O4S/c1-2-10-22-19(23)8-11-21(14-20(22)9-12-26-15-20)27(24,25)18-7-6-16-4-3-5-17(16)13-18/h6-7,13H,2-5,8-12,14-15H2,1H3. The van der Waals surface area contributed by atoms with E-state index in [2.05, 4.69) is 0 Å². The Labute approximate surface area is 161 Å². The van der Waals surface area contributed by atoms with Crippen LogP contribution in [0.2, 0.25) is 0 Å². The first-order valence-corrected chi connectivity index (χ1v) is 11.4. The van der Waals surface area contributed by atoms with Crippen LogP contribution >= 0.6 is 0 Å². The molecule has 3 aliphatic rings. The highest BCUT2D eigenvalue weighted by Gasteiger charge is 2.48. The molecule has 0 saturated carbocycles.